The molecule has 0 saturated carbocycles. The number of aromatic nitrogens is 14. The summed E-state index contributed by atoms with van der Waals surface area (Å²) in [6.45, 7) is 11.5. The van der Waals surface area contributed by atoms with E-state index in [0.29, 0.717) is 57.6 Å². The first-order chi connectivity index (χ1) is 65.1. The summed E-state index contributed by atoms with van der Waals surface area (Å²) in [5.74, 6) is -3.60. The van der Waals surface area contributed by atoms with Crippen LogP contribution in [0.4, 0.5) is 0 Å². The molecule has 0 atom stereocenters. The van der Waals surface area contributed by atoms with Crippen LogP contribution in [0.5, 0.6) is 0 Å². The zero-order chi connectivity index (χ0) is 95.5. The van der Waals surface area contributed by atoms with Crippen LogP contribution in [0.25, 0.3) is 0 Å². The van der Waals surface area contributed by atoms with Crippen molar-refractivity contribution in [3.63, 3.8) is 0 Å². The lowest BCUT2D eigenvalue weighted by atomic mass is 10.2. The Morgan fingerprint density at radius 2 is 0.291 bits per heavy atom. The molecule has 14 rings (SSSR count). The highest BCUT2D eigenvalue weighted by Gasteiger charge is 2.18. The van der Waals surface area contributed by atoms with Gasteiger partial charge in [0.25, 0.3) is 60.7 Å². The fourth-order valence-corrected chi connectivity index (χ4v) is 13.5. The van der Waals surface area contributed by atoms with Crippen LogP contribution in [0.2, 0.25) is 0 Å². The standard InChI is InChI=1S/C17H20N4O2.C16H22N2.C15H16N4O2.C15H20N2.C14H14N4O3.C14H14N4O2.C12H14N2/c18-16(22)14-6-4-10-20(12-14)8-2-1-3-9-21-11-5-7-15(13-21)17(19)23;1(5-11-17-13-7-3-8-14-17)2-6-12-18-15-9-4-10-16-18;16-14(20)12-4-1-6-18(10-12)8-3-9-19-7-2-5-13(11-19)15(17)21;1-4-10-16(11-5-1)14-8-3-9-15-17-12-6-2-7-13-17;15-13(19)11-3-1-5-17(7-11)9-21-10-18-6-2-4-12(8-18)14(16)20;15-13(19)11-3-1-5-17(9-11)7-8-18-6-2-4-12(10-18)14(16)20;1-3-7-13(8-4-1)11-12-14-9-5-2-6-10-14/h4-7,10-13H,1-3,8-9H2,(H2-2,18,19,22,23);3-4,7-10,13-16H,1-2,5-6,11-12H2;1-2,4-7,10-11H,3,8-9H2,(H2-2,16,17,20,21);1-2,4-7,10-13H,3,8-9,14-15H2;1-8H,9-10H2,(H2-2,15,16,19,20);1-6,9-10H,7-8H2,(H2-2,15,16,19,20);1-10H,11-12H2/q;+2;;+2;;;+2/p+8. The average Bonchev–Trinajstić information content (AvgIpc) is 0.914. The Bertz CT molecular complexity index is 5450. The monoisotopic (exact) mass is 1820 g/mol. The molecule has 690 valence electrons. The molecule has 31 heteroatoms. The number of ether oxygens (including phenoxy) is 1. The lowest BCUT2D eigenvalue weighted by Crippen LogP contribution is -2.44. The van der Waals surface area contributed by atoms with Crippen molar-refractivity contribution in [2.45, 2.75) is 163 Å². The van der Waals surface area contributed by atoms with Gasteiger partial charge in [-0.1, -0.05) is 36.4 Å². The molecule has 0 aliphatic heterocycles. The first-order valence-electron chi connectivity index (χ1n) is 44.6. The highest BCUT2D eigenvalue weighted by molar-refractivity contribution is 5.95. The maximum absolute atomic E-state index is 11.1. The van der Waals surface area contributed by atoms with Gasteiger partial charge in [-0.15, -0.1) is 0 Å². The van der Waals surface area contributed by atoms with Crippen molar-refractivity contribution in [3.05, 3.63) is 424 Å². The molecule has 14 heterocycles. The van der Waals surface area contributed by atoms with E-state index in [0.717, 1.165) is 91.1 Å². The van der Waals surface area contributed by atoms with Crippen LogP contribution in [0, 0.1) is 0 Å². The summed E-state index contributed by atoms with van der Waals surface area (Å²) in [5.41, 5.74) is 45.7. The lowest BCUT2D eigenvalue weighted by molar-refractivity contribution is -0.788. The number of aryl methyl sites for hydroxylation is 12. The summed E-state index contributed by atoms with van der Waals surface area (Å²) in [6.07, 6.45) is 66.7. The van der Waals surface area contributed by atoms with Crippen LogP contribution in [0.1, 0.15) is 153 Å². The van der Waals surface area contributed by atoms with E-state index < -0.39 is 47.3 Å². The third-order valence-electron chi connectivity index (χ3n) is 20.6. The van der Waals surface area contributed by atoms with Crippen molar-refractivity contribution in [1.29, 1.82) is 0 Å². The van der Waals surface area contributed by atoms with Gasteiger partial charge in [0.2, 0.25) is 26.2 Å². The van der Waals surface area contributed by atoms with Gasteiger partial charge in [-0.3, -0.25) is 43.1 Å². The fraction of sp³-hybridized carbons (Fsp3) is 0.243. The highest BCUT2D eigenvalue weighted by atomic mass is 16.5. The normalized spacial score (nSPS) is 10.3. The third-order valence-corrected chi connectivity index (χ3v) is 20.6. The highest BCUT2D eigenvalue weighted by Crippen LogP contribution is 2.05. The maximum Gasteiger partial charge on any atom is 0.257 e. The molecule has 0 aliphatic carbocycles. The summed E-state index contributed by atoms with van der Waals surface area (Å²) in [6, 6.07) is 64.8. The molecule has 14 aromatic rings. The smallest absolute Gasteiger partial charge is 0.257 e. The molecule has 0 bridgehead atoms. The zero-order valence-corrected chi connectivity index (χ0v) is 76.0. The summed E-state index contributed by atoms with van der Waals surface area (Å²) < 4.78 is 33.8. The molecule has 0 radical (unpaired) electrons. The largest absolute Gasteiger partial charge is 0.365 e. The lowest BCUT2D eigenvalue weighted by Gasteiger charge is -2.00. The second-order valence-electron chi connectivity index (χ2n) is 31.1. The van der Waals surface area contributed by atoms with Crippen molar-refractivity contribution in [1.82, 2.24) is 0 Å². The van der Waals surface area contributed by atoms with Crippen molar-refractivity contribution < 1.29 is 107 Å². The molecule has 0 unspecified atom stereocenters. The molecule has 0 aromatic carbocycles. The number of hydrogen-bond donors (Lipinski definition) is 8. The molecule has 134 heavy (non-hydrogen) atoms. The van der Waals surface area contributed by atoms with Crippen LogP contribution in [0.15, 0.2) is 380 Å². The number of unbranched alkanes of at least 4 members (excludes halogenated alkanes) is 7. The number of hydrogen-bond acceptors (Lipinski definition) is 9. The SMILES string of the molecule is NC(=O)c1ccc[n+](CCCCC[n+]2cccc(C(N)=O)c2)c1.NC(=O)c1ccc[n+](CCC[n+]2cccc(C(N)=O)c2)c1.NC(=O)c1ccc[n+](CC[n+]2cccc(C(N)=O)c2)c1.NC(=O)c1ccc[n+](COC[n+]2cccc(C(N)=O)c2)c1.c1cc[n+](CCCCCC[n+]2ccccc2)cc1.c1cc[n+](CCCCC[n+]2ccccc2)cc1.c1cc[n+](CC[n+]2ccccc2)cc1. The number of carbonyl (C=O) groups excluding carboxylic acids is 8. The van der Waals surface area contributed by atoms with E-state index in [1.165, 1.54) is 44.9 Å². The second kappa shape index (κ2) is 59.8. The number of primary amides is 8. The number of pyridine rings is 14. The Kier molecular flexibility index (Phi) is 46.1. The Balaban J connectivity index is 0.000000193. The number of carbonyl (C=O) groups is 8. The Morgan fingerprint density at radius 3 is 0.485 bits per heavy atom. The van der Waals surface area contributed by atoms with Crippen molar-refractivity contribution in [3.8, 4) is 0 Å². The molecular formula is C103H128N22O9+14. The first kappa shape index (κ1) is 103. The van der Waals surface area contributed by atoms with Gasteiger partial charge in [-0.25, -0.2) is 36.5 Å². The third kappa shape index (κ3) is 41.9. The topological polar surface area (TPSA) is 408 Å². The van der Waals surface area contributed by atoms with Crippen LogP contribution in [0.3, 0.4) is 0 Å². The number of rotatable bonds is 41. The molecule has 8 amide bonds. The quantitative estimate of drug-likeness (QED) is 0.0204. The van der Waals surface area contributed by atoms with E-state index in [9.17, 15) is 38.4 Å². The predicted molar refractivity (Wildman–Crippen MR) is 493 cm³/mol. The molecule has 14 aromatic heterocycles. The van der Waals surface area contributed by atoms with Gasteiger partial charge in [0, 0.05) is 160 Å². The van der Waals surface area contributed by atoms with E-state index in [2.05, 4.69) is 199 Å². The summed E-state index contributed by atoms with van der Waals surface area (Å²) in [4.78, 5) is 88.8. The van der Waals surface area contributed by atoms with Gasteiger partial charge >= 0.3 is 0 Å². The zero-order valence-electron chi connectivity index (χ0n) is 76.0. The Morgan fingerprint density at radius 1 is 0.157 bits per heavy atom. The van der Waals surface area contributed by atoms with E-state index in [-0.39, 0.29) is 13.5 Å². The molecule has 0 spiro atoms. The van der Waals surface area contributed by atoms with Gasteiger partial charge in [-0.2, -0.15) is 27.4 Å². The van der Waals surface area contributed by atoms with Gasteiger partial charge in [0.15, 0.2) is 187 Å². The van der Waals surface area contributed by atoms with Crippen LogP contribution >= 0.6 is 0 Å². The van der Waals surface area contributed by atoms with Crippen LogP contribution in [-0.2, 0) is 96.7 Å². The molecule has 16 N–H and O–H groups in total. The first-order valence-corrected chi connectivity index (χ1v) is 44.6. The predicted octanol–water partition coefficient (Wildman–Crippen LogP) is 3.75. The van der Waals surface area contributed by atoms with E-state index in [4.69, 9.17) is 50.6 Å². The minimum Gasteiger partial charge on any atom is -0.365 e. The van der Waals surface area contributed by atoms with Gasteiger partial charge in [0.05, 0.1) is 6.42 Å². The maximum atomic E-state index is 11.1. The van der Waals surface area contributed by atoms with Gasteiger partial charge < -0.3 is 45.9 Å². The average molecular weight is 1820 g/mol. The van der Waals surface area contributed by atoms with Gasteiger partial charge in [0.1, 0.15) is 83.8 Å². The minimum absolute atomic E-state index is 0.245. The molecular weight excluding hydrogens is 1690 g/mol. The Labute approximate surface area is 782 Å². The molecule has 31 nitrogen and oxygen atoms in total. The van der Waals surface area contributed by atoms with Gasteiger partial charge in [-0.05, 0) is 74.2 Å². The number of nitrogens with zero attached hydrogens (tertiary/aromatic N) is 14. The molecule has 0 aliphatic rings. The van der Waals surface area contributed by atoms with E-state index in [1.807, 2.05) is 88.8 Å². The fourth-order valence-electron chi connectivity index (χ4n) is 13.5. The van der Waals surface area contributed by atoms with Crippen LogP contribution in [-0.4, -0.2) is 47.3 Å². The summed E-state index contributed by atoms with van der Waals surface area (Å²) >= 11 is 0. The molecule has 0 fully saturated rings. The van der Waals surface area contributed by atoms with E-state index in [1.54, 1.807) is 156 Å². The minimum atomic E-state index is -0.493. The van der Waals surface area contributed by atoms with E-state index >= 15 is 0 Å². The summed E-state index contributed by atoms with van der Waals surface area (Å²) in [7, 11) is 0. The van der Waals surface area contributed by atoms with Crippen molar-refractivity contribution in [2.75, 3.05) is 0 Å². The number of nitrogens with two attached hydrogens (primary N) is 8. The van der Waals surface area contributed by atoms with Crippen LogP contribution < -0.4 is 110 Å². The van der Waals surface area contributed by atoms with Crippen molar-refractivity contribution >= 4 is 47.3 Å². The summed E-state index contributed by atoms with van der Waals surface area (Å²) in [5, 5.41) is 0. The second-order valence-corrected chi connectivity index (χ2v) is 31.1. The number of amides is 8. The molecule has 0 saturated heterocycles. The van der Waals surface area contributed by atoms with Crippen molar-refractivity contribution in [2.24, 2.45) is 45.9 Å². The Hall–Kier alpha value is -16.2.